The molecule has 0 saturated carbocycles. The molecular formula is C30H31N3O4S. The number of oxazole rings is 1. The molecule has 8 heteroatoms. The van der Waals surface area contributed by atoms with Gasteiger partial charge in [0.25, 0.3) is 0 Å². The molecule has 196 valence electrons. The van der Waals surface area contributed by atoms with Gasteiger partial charge in [0, 0.05) is 5.69 Å². The Kier molecular flexibility index (Phi) is 7.33. The Bertz CT molecular complexity index is 1530. The highest BCUT2D eigenvalue weighted by Gasteiger charge is 2.24. The van der Waals surface area contributed by atoms with Crippen molar-refractivity contribution in [2.24, 2.45) is 5.92 Å². The summed E-state index contributed by atoms with van der Waals surface area (Å²) in [4.78, 5) is 17.0. The summed E-state index contributed by atoms with van der Waals surface area (Å²) in [6.45, 7) is 4.12. The molecule has 2 unspecified atom stereocenters. The quantitative estimate of drug-likeness (QED) is 0.292. The average Bonchev–Trinajstić information content (AvgIpc) is 3.43. The van der Waals surface area contributed by atoms with Gasteiger partial charge in [0.05, 0.1) is 28.5 Å². The summed E-state index contributed by atoms with van der Waals surface area (Å²) in [6, 6.07) is 19.7. The SMILES string of the molecule is CC1CCc2ccc(CS(=O)(=O)c3ccc(NC(=O)NC(C)c4ccccc4)cc3-c3ncco3)cc2C1. The number of nitrogens with zero attached hydrogens (tertiary/aromatic N) is 1. The van der Waals surface area contributed by atoms with E-state index in [1.54, 1.807) is 12.1 Å². The standard InChI is InChI=1S/C30H31N3O4S/c1-20-8-10-24-11-9-22(17-25(24)16-20)19-38(35,36)28-13-12-26(18-27(28)29-31-14-15-37-29)33-30(34)32-21(2)23-6-4-3-5-7-23/h3-7,9,11-15,17-18,20-21H,8,10,16,19H2,1-2H3,(H2,32,33,34). The van der Waals surface area contributed by atoms with Crippen molar-refractivity contribution in [1.82, 2.24) is 10.3 Å². The third kappa shape index (κ3) is 5.81. The molecule has 1 heterocycles. The maximum atomic E-state index is 13.6. The van der Waals surface area contributed by atoms with E-state index in [-0.39, 0.29) is 22.6 Å². The number of anilines is 1. The van der Waals surface area contributed by atoms with Crippen LogP contribution in [0.15, 0.2) is 88.5 Å². The van der Waals surface area contributed by atoms with E-state index in [0.29, 0.717) is 17.2 Å². The Morgan fingerprint density at radius 3 is 2.66 bits per heavy atom. The van der Waals surface area contributed by atoms with Gasteiger partial charge in [-0.3, -0.25) is 0 Å². The van der Waals surface area contributed by atoms with Crippen LogP contribution in [-0.4, -0.2) is 19.4 Å². The number of sulfone groups is 1. The number of carbonyl (C=O) groups is 1. The predicted octanol–water partition coefficient (Wildman–Crippen LogP) is 6.32. The van der Waals surface area contributed by atoms with E-state index in [1.807, 2.05) is 49.4 Å². The summed E-state index contributed by atoms with van der Waals surface area (Å²) in [5.41, 5.74) is 5.00. The summed E-state index contributed by atoms with van der Waals surface area (Å²) < 4.78 is 32.7. The van der Waals surface area contributed by atoms with Gasteiger partial charge in [-0.05, 0) is 72.6 Å². The highest BCUT2D eigenvalue weighted by molar-refractivity contribution is 7.90. The number of fused-ring (bicyclic) bond motifs is 1. The Hall–Kier alpha value is -3.91. The maximum Gasteiger partial charge on any atom is 0.319 e. The zero-order valence-corrected chi connectivity index (χ0v) is 22.3. The summed E-state index contributed by atoms with van der Waals surface area (Å²) in [5.74, 6) is 0.632. The number of amides is 2. The molecule has 1 aliphatic carbocycles. The van der Waals surface area contributed by atoms with Gasteiger partial charge in [-0.15, -0.1) is 0 Å². The van der Waals surface area contributed by atoms with Crippen LogP contribution in [0.2, 0.25) is 0 Å². The molecule has 0 radical (unpaired) electrons. The monoisotopic (exact) mass is 529 g/mol. The van der Waals surface area contributed by atoms with Gasteiger partial charge in [0.2, 0.25) is 5.89 Å². The van der Waals surface area contributed by atoms with Gasteiger partial charge < -0.3 is 15.1 Å². The van der Waals surface area contributed by atoms with Crippen LogP contribution in [-0.2, 0) is 28.4 Å². The number of nitrogens with one attached hydrogen (secondary N) is 2. The minimum atomic E-state index is -3.74. The van der Waals surface area contributed by atoms with Gasteiger partial charge in [-0.1, -0.05) is 55.5 Å². The van der Waals surface area contributed by atoms with Crippen LogP contribution in [0.25, 0.3) is 11.5 Å². The number of urea groups is 1. The first-order chi connectivity index (χ1) is 18.3. The molecule has 0 spiro atoms. The topological polar surface area (TPSA) is 101 Å². The summed E-state index contributed by atoms with van der Waals surface area (Å²) >= 11 is 0. The molecule has 38 heavy (non-hydrogen) atoms. The molecule has 0 aliphatic heterocycles. The van der Waals surface area contributed by atoms with E-state index in [2.05, 4.69) is 28.6 Å². The van der Waals surface area contributed by atoms with Gasteiger partial charge >= 0.3 is 6.03 Å². The second-order valence-electron chi connectivity index (χ2n) is 9.99. The van der Waals surface area contributed by atoms with Crippen molar-refractivity contribution in [2.75, 3.05) is 5.32 Å². The van der Waals surface area contributed by atoms with Crippen molar-refractivity contribution < 1.29 is 17.6 Å². The average molecular weight is 530 g/mol. The lowest BCUT2D eigenvalue weighted by Crippen LogP contribution is -2.31. The highest BCUT2D eigenvalue weighted by atomic mass is 32.2. The van der Waals surface area contributed by atoms with Crippen molar-refractivity contribution in [3.63, 3.8) is 0 Å². The number of benzene rings is 3. The van der Waals surface area contributed by atoms with E-state index < -0.39 is 15.9 Å². The number of carbonyl (C=O) groups excluding carboxylic acids is 1. The van der Waals surface area contributed by atoms with Crippen LogP contribution in [0, 0.1) is 5.92 Å². The van der Waals surface area contributed by atoms with Gasteiger partial charge in [0.15, 0.2) is 9.84 Å². The Balaban J connectivity index is 1.39. The van der Waals surface area contributed by atoms with Crippen molar-refractivity contribution >= 4 is 21.6 Å². The van der Waals surface area contributed by atoms with E-state index in [0.717, 1.165) is 30.4 Å². The largest absolute Gasteiger partial charge is 0.444 e. The molecule has 1 aliphatic rings. The summed E-state index contributed by atoms with van der Waals surface area (Å²) in [7, 11) is -3.74. The lowest BCUT2D eigenvalue weighted by atomic mass is 9.84. The van der Waals surface area contributed by atoms with Crippen molar-refractivity contribution in [3.8, 4) is 11.5 Å². The second-order valence-corrected chi connectivity index (χ2v) is 11.9. The highest BCUT2D eigenvalue weighted by Crippen LogP contribution is 2.33. The first-order valence-electron chi connectivity index (χ1n) is 12.8. The third-order valence-corrected chi connectivity index (χ3v) is 8.72. The number of aryl methyl sites for hydroxylation is 1. The smallest absolute Gasteiger partial charge is 0.319 e. The predicted molar refractivity (Wildman–Crippen MR) is 147 cm³/mol. The van der Waals surface area contributed by atoms with Crippen molar-refractivity contribution in [3.05, 3.63) is 101 Å². The normalized spacial score (nSPS) is 15.9. The van der Waals surface area contributed by atoms with Crippen molar-refractivity contribution in [2.45, 2.75) is 49.8 Å². The molecule has 1 aromatic heterocycles. The third-order valence-electron chi connectivity index (χ3n) is 6.98. The van der Waals surface area contributed by atoms with E-state index in [9.17, 15) is 13.2 Å². The lowest BCUT2D eigenvalue weighted by Gasteiger charge is -2.22. The van der Waals surface area contributed by atoms with E-state index in [1.165, 1.54) is 29.7 Å². The lowest BCUT2D eigenvalue weighted by molar-refractivity contribution is 0.249. The van der Waals surface area contributed by atoms with Gasteiger partial charge in [-0.2, -0.15) is 0 Å². The number of hydrogen-bond donors (Lipinski definition) is 2. The summed E-state index contributed by atoms with van der Waals surface area (Å²) in [6.07, 6.45) is 6.02. The molecule has 0 fully saturated rings. The first kappa shape index (κ1) is 25.7. The Labute approximate surface area is 223 Å². The molecule has 2 N–H and O–H groups in total. The molecule has 0 bridgehead atoms. The number of rotatable bonds is 7. The van der Waals surface area contributed by atoms with E-state index in [4.69, 9.17) is 4.42 Å². The molecule has 0 saturated heterocycles. The van der Waals surface area contributed by atoms with Crippen LogP contribution >= 0.6 is 0 Å². The van der Waals surface area contributed by atoms with Gasteiger partial charge in [0.1, 0.15) is 6.26 Å². The Morgan fingerprint density at radius 2 is 1.89 bits per heavy atom. The van der Waals surface area contributed by atoms with Crippen LogP contribution in [0.4, 0.5) is 10.5 Å². The van der Waals surface area contributed by atoms with Crippen LogP contribution in [0.3, 0.4) is 0 Å². The fourth-order valence-electron chi connectivity index (χ4n) is 4.97. The van der Waals surface area contributed by atoms with Crippen LogP contribution in [0.5, 0.6) is 0 Å². The fraction of sp³-hybridized carbons (Fsp3) is 0.267. The molecule has 3 aromatic carbocycles. The first-order valence-corrected chi connectivity index (χ1v) is 14.4. The molecule has 2 atom stereocenters. The minimum absolute atomic E-state index is 0.106. The maximum absolute atomic E-state index is 13.6. The van der Waals surface area contributed by atoms with Crippen LogP contribution < -0.4 is 10.6 Å². The molecule has 2 amide bonds. The second kappa shape index (κ2) is 10.8. The van der Waals surface area contributed by atoms with Gasteiger partial charge in [-0.25, -0.2) is 18.2 Å². The van der Waals surface area contributed by atoms with E-state index >= 15 is 0 Å². The van der Waals surface area contributed by atoms with Crippen molar-refractivity contribution in [1.29, 1.82) is 0 Å². The minimum Gasteiger partial charge on any atom is -0.444 e. The fourth-order valence-corrected chi connectivity index (χ4v) is 6.50. The molecule has 7 nitrogen and oxygen atoms in total. The zero-order chi connectivity index (χ0) is 26.7. The number of aromatic nitrogens is 1. The molecule has 4 aromatic rings. The molecule has 5 rings (SSSR count). The number of hydrogen-bond acceptors (Lipinski definition) is 5. The van der Waals surface area contributed by atoms with Crippen LogP contribution in [0.1, 0.15) is 48.6 Å². The Morgan fingerprint density at radius 1 is 1.08 bits per heavy atom. The zero-order valence-electron chi connectivity index (χ0n) is 21.5. The molecular weight excluding hydrogens is 498 g/mol. The summed E-state index contributed by atoms with van der Waals surface area (Å²) in [5, 5.41) is 5.69.